The molecule has 1 aromatic rings. The van der Waals surface area contributed by atoms with E-state index in [1.807, 2.05) is 19.1 Å². The number of hydrogen-bond donors (Lipinski definition) is 1. The first kappa shape index (κ1) is 12.7. The second kappa shape index (κ2) is 6.26. The SMILES string of the molecule is CCC(CCN)S(=O)c1cccc(Cl)c1. The molecule has 4 heteroatoms. The Balaban J connectivity index is 2.82. The zero-order valence-electron chi connectivity index (χ0n) is 8.78. The first-order valence-corrected chi connectivity index (χ1v) is 6.64. The van der Waals surface area contributed by atoms with Crippen molar-refractivity contribution >= 4 is 22.4 Å². The van der Waals surface area contributed by atoms with Crippen LogP contribution >= 0.6 is 11.6 Å². The molecule has 0 bridgehead atoms. The van der Waals surface area contributed by atoms with E-state index in [2.05, 4.69) is 0 Å². The molecule has 2 N–H and O–H groups in total. The van der Waals surface area contributed by atoms with Gasteiger partial charge in [-0.2, -0.15) is 0 Å². The first-order valence-electron chi connectivity index (χ1n) is 5.05. The summed E-state index contributed by atoms with van der Waals surface area (Å²) in [5.41, 5.74) is 5.49. The molecule has 0 saturated carbocycles. The van der Waals surface area contributed by atoms with E-state index < -0.39 is 10.8 Å². The fraction of sp³-hybridized carbons (Fsp3) is 0.455. The number of hydrogen-bond acceptors (Lipinski definition) is 2. The van der Waals surface area contributed by atoms with Crippen molar-refractivity contribution in [2.45, 2.75) is 29.9 Å². The highest BCUT2D eigenvalue weighted by Gasteiger charge is 2.15. The average Bonchev–Trinajstić information content (AvgIpc) is 2.25. The Morgan fingerprint density at radius 1 is 1.53 bits per heavy atom. The van der Waals surface area contributed by atoms with Gasteiger partial charge in [0.2, 0.25) is 0 Å². The van der Waals surface area contributed by atoms with Gasteiger partial charge in [-0.15, -0.1) is 0 Å². The van der Waals surface area contributed by atoms with Gasteiger partial charge in [0.25, 0.3) is 0 Å². The number of rotatable bonds is 5. The van der Waals surface area contributed by atoms with E-state index in [1.165, 1.54) is 0 Å². The van der Waals surface area contributed by atoms with Crippen molar-refractivity contribution in [1.29, 1.82) is 0 Å². The molecule has 2 nitrogen and oxygen atoms in total. The third kappa shape index (κ3) is 3.59. The number of halogens is 1. The van der Waals surface area contributed by atoms with Crippen LogP contribution in [0.5, 0.6) is 0 Å². The van der Waals surface area contributed by atoms with Crippen molar-refractivity contribution in [3.63, 3.8) is 0 Å². The van der Waals surface area contributed by atoms with Gasteiger partial charge in [-0.05, 0) is 37.6 Å². The van der Waals surface area contributed by atoms with Gasteiger partial charge in [0.1, 0.15) is 0 Å². The molecule has 0 radical (unpaired) electrons. The molecule has 0 aromatic heterocycles. The molecule has 0 spiro atoms. The van der Waals surface area contributed by atoms with E-state index in [0.717, 1.165) is 17.7 Å². The molecule has 1 rings (SSSR count). The second-order valence-electron chi connectivity index (χ2n) is 3.36. The number of benzene rings is 1. The highest BCUT2D eigenvalue weighted by Crippen LogP contribution is 2.19. The second-order valence-corrected chi connectivity index (χ2v) is 5.53. The molecular weight excluding hydrogens is 230 g/mol. The van der Waals surface area contributed by atoms with Gasteiger partial charge in [0.05, 0.1) is 10.8 Å². The largest absolute Gasteiger partial charge is 0.330 e. The quantitative estimate of drug-likeness (QED) is 0.867. The summed E-state index contributed by atoms with van der Waals surface area (Å²) in [7, 11) is -0.996. The van der Waals surface area contributed by atoms with Crippen molar-refractivity contribution in [2.24, 2.45) is 5.73 Å². The first-order chi connectivity index (χ1) is 7.19. The molecule has 0 aliphatic rings. The normalized spacial score (nSPS) is 14.9. The van der Waals surface area contributed by atoms with Gasteiger partial charge in [-0.3, -0.25) is 4.21 Å². The maximum atomic E-state index is 12.1. The fourth-order valence-corrected chi connectivity index (χ4v) is 3.18. The van der Waals surface area contributed by atoms with Crippen LogP contribution in [0.15, 0.2) is 29.2 Å². The maximum Gasteiger partial charge on any atom is 0.0561 e. The molecule has 0 fully saturated rings. The highest BCUT2D eigenvalue weighted by atomic mass is 35.5. The predicted octanol–water partition coefficient (Wildman–Crippen LogP) is 2.58. The van der Waals surface area contributed by atoms with Gasteiger partial charge < -0.3 is 5.73 Å². The van der Waals surface area contributed by atoms with Crippen molar-refractivity contribution in [3.8, 4) is 0 Å². The molecule has 15 heavy (non-hydrogen) atoms. The van der Waals surface area contributed by atoms with Gasteiger partial charge in [0, 0.05) is 15.2 Å². The Labute approximate surface area is 98.3 Å². The molecule has 0 aliphatic carbocycles. The summed E-state index contributed by atoms with van der Waals surface area (Å²) in [4.78, 5) is 0.794. The van der Waals surface area contributed by atoms with Gasteiger partial charge >= 0.3 is 0 Å². The minimum absolute atomic E-state index is 0.133. The minimum Gasteiger partial charge on any atom is -0.330 e. The Kier molecular flexibility index (Phi) is 5.29. The molecule has 84 valence electrons. The fourth-order valence-electron chi connectivity index (χ4n) is 1.43. The number of nitrogens with two attached hydrogens (primary N) is 1. The lowest BCUT2D eigenvalue weighted by Crippen LogP contribution is -2.18. The van der Waals surface area contributed by atoms with E-state index in [9.17, 15) is 4.21 Å². The van der Waals surface area contributed by atoms with Crippen molar-refractivity contribution in [2.75, 3.05) is 6.54 Å². The van der Waals surface area contributed by atoms with Crippen LogP contribution in [0.2, 0.25) is 5.02 Å². The van der Waals surface area contributed by atoms with Gasteiger partial charge in [-0.1, -0.05) is 24.6 Å². The highest BCUT2D eigenvalue weighted by molar-refractivity contribution is 7.85. The van der Waals surface area contributed by atoms with Crippen LogP contribution in [0.3, 0.4) is 0 Å². The molecule has 2 unspecified atom stereocenters. The topological polar surface area (TPSA) is 43.1 Å². The Bertz CT molecular complexity index is 343. The lowest BCUT2D eigenvalue weighted by molar-refractivity contribution is 0.650. The Morgan fingerprint density at radius 3 is 2.80 bits per heavy atom. The maximum absolute atomic E-state index is 12.1. The van der Waals surface area contributed by atoms with Crippen LogP contribution in [0.4, 0.5) is 0 Å². The standard InChI is InChI=1S/C11H16ClNOS/c1-2-10(6-7-13)15(14)11-5-3-4-9(12)8-11/h3-5,8,10H,2,6-7,13H2,1H3. The molecule has 0 heterocycles. The molecule has 0 saturated heterocycles. The lowest BCUT2D eigenvalue weighted by Gasteiger charge is -2.13. The average molecular weight is 246 g/mol. The third-order valence-electron chi connectivity index (χ3n) is 2.28. The van der Waals surface area contributed by atoms with E-state index in [-0.39, 0.29) is 5.25 Å². The minimum atomic E-state index is -0.996. The van der Waals surface area contributed by atoms with E-state index in [0.29, 0.717) is 11.6 Å². The van der Waals surface area contributed by atoms with Crippen LogP contribution in [-0.2, 0) is 10.8 Å². The summed E-state index contributed by atoms with van der Waals surface area (Å²) in [5.74, 6) is 0. The zero-order chi connectivity index (χ0) is 11.3. The van der Waals surface area contributed by atoms with Gasteiger partial charge in [0.15, 0.2) is 0 Å². The summed E-state index contributed by atoms with van der Waals surface area (Å²) in [6.07, 6.45) is 1.66. The monoisotopic (exact) mass is 245 g/mol. The molecular formula is C11H16ClNOS. The smallest absolute Gasteiger partial charge is 0.0561 e. The van der Waals surface area contributed by atoms with E-state index in [4.69, 9.17) is 17.3 Å². The van der Waals surface area contributed by atoms with Crippen LogP contribution in [-0.4, -0.2) is 16.0 Å². The van der Waals surface area contributed by atoms with Gasteiger partial charge in [-0.25, -0.2) is 0 Å². The summed E-state index contributed by atoms with van der Waals surface area (Å²) in [5, 5.41) is 0.761. The Hall–Kier alpha value is -0.380. The Morgan fingerprint density at radius 2 is 2.27 bits per heavy atom. The lowest BCUT2D eigenvalue weighted by atomic mass is 10.2. The third-order valence-corrected chi connectivity index (χ3v) is 4.40. The van der Waals surface area contributed by atoms with E-state index >= 15 is 0 Å². The summed E-state index contributed by atoms with van der Waals surface area (Å²) >= 11 is 5.85. The summed E-state index contributed by atoms with van der Waals surface area (Å²) in [6.45, 7) is 2.60. The van der Waals surface area contributed by atoms with Crippen molar-refractivity contribution < 1.29 is 4.21 Å². The molecule has 2 atom stereocenters. The van der Waals surface area contributed by atoms with Crippen LogP contribution in [0, 0.1) is 0 Å². The predicted molar refractivity (Wildman–Crippen MR) is 65.6 cm³/mol. The van der Waals surface area contributed by atoms with Crippen molar-refractivity contribution in [1.82, 2.24) is 0 Å². The van der Waals surface area contributed by atoms with Crippen LogP contribution < -0.4 is 5.73 Å². The van der Waals surface area contributed by atoms with Crippen LogP contribution in [0.25, 0.3) is 0 Å². The zero-order valence-corrected chi connectivity index (χ0v) is 10.4. The van der Waals surface area contributed by atoms with Crippen molar-refractivity contribution in [3.05, 3.63) is 29.3 Å². The summed E-state index contributed by atoms with van der Waals surface area (Å²) < 4.78 is 12.1. The van der Waals surface area contributed by atoms with E-state index in [1.54, 1.807) is 12.1 Å². The molecule has 0 aliphatic heterocycles. The summed E-state index contributed by atoms with van der Waals surface area (Å²) in [6, 6.07) is 7.22. The van der Waals surface area contributed by atoms with Crippen LogP contribution in [0.1, 0.15) is 19.8 Å². The molecule has 1 aromatic carbocycles. The molecule has 0 amide bonds.